The van der Waals surface area contributed by atoms with E-state index in [1.165, 1.54) is 17.1 Å². The Labute approximate surface area is 164 Å². The number of hydrogen-bond donors (Lipinski definition) is 1. The van der Waals surface area contributed by atoms with Crippen molar-refractivity contribution in [2.45, 2.75) is 26.3 Å². The summed E-state index contributed by atoms with van der Waals surface area (Å²) in [5.74, 6) is -0.719. The van der Waals surface area contributed by atoms with E-state index in [9.17, 15) is 17.6 Å². The zero-order valence-electron chi connectivity index (χ0n) is 15.9. The molecule has 2 aromatic carbocycles. The average molecular weight is 403 g/mol. The summed E-state index contributed by atoms with van der Waals surface area (Å²) in [6.07, 6.45) is 1.53. The topological polar surface area (TPSA) is 78.8 Å². The smallest absolute Gasteiger partial charge is 0.245 e. The molecule has 0 unspecified atom stereocenters. The van der Waals surface area contributed by atoms with Gasteiger partial charge < -0.3 is 0 Å². The number of rotatable bonds is 5. The molecule has 1 aliphatic heterocycles. The Morgan fingerprint density at radius 3 is 2.50 bits per heavy atom. The van der Waals surface area contributed by atoms with E-state index in [0.717, 1.165) is 17.4 Å². The van der Waals surface area contributed by atoms with Crippen LogP contribution in [0.3, 0.4) is 0 Å². The Kier molecular flexibility index (Phi) is 5.51. The summed E-state index contributed by atoms with van der Waals surface area (Å²) in [6, 6.07) is 12.6. The van der Waals surface area contributed by atoms with Gasteiger partial charge in [-0.25, -0.2) is 17.8 Å². The molecule has 1 N–H and O–H groups in total. The quantitative estimate of drug-likeness (QED) is 0.829. The van der Waals surface area contributed by atoms with E-state index in [4.69, 9.17) is 0 Å². The van der Waals surface area contributed by atoms with E-state index in [-0.39, 0.29) is 23.7 Å². The molecule has 6 nitrogen and oxygen atoms in total. The monoisotopic (exact) mass is 403 g/mol. The van der Waals surface area contributed by atoms with E-state index < -0.39 is 10.0 Å². The first-order valence-electron chi connectivity index (χ1n) is 8.88. The summed E-state index contributed by atoms with van der Waals surface area (Å²) >= 11 is 0. The predicted octanol–water partition coefficient (Wildman–Crippen LogP) is 3.53. The van der Waals surface area contributed by atoms with E-state index in [1.807, 2.05) is 6.07 Å². The summed E-state index contributed by atoms with van der Waals surface area (Å²) in [5.41, 5.74) is 2.61. The van der Waals surface area contributed by atoms with Gasteiger partial charge in [-0.2, -0.15) is 5.10 Å². The van der Waals surface area contributed by atoms with Crippen molar-refractivity contribution in [3.8, 4) is 0 Å². The molecule has 3 rings (SSSR count). The molecule has 1 amide bonds. The van der Waals surface area contributed by atoms with Crippen LogP contribution in [0, 0.1) is 11.7 Å². The lowest BCUT2D eigenvalue weighted by molar-refractivity contribution is -0.136. The van der Waals surface area contributed by atoms with Crippen molar-refractivity contribution in [3.63, 3.8) is 0 Å². The van der Waals surface area contributed by atoms with E-state index in [2.05, 4.69) is 9.82 Å². The molecule has 2 aromatic rings. The van der Waals surface area contributed by atoms with Crippen LogP contribution in [-0.2, 0) is 14.8 Å². The summed E-state index contributed by atoms with van der Waals surface area (Å²) in [7, 11) is -3.40. The maximum absolute atomic E-state index is 13.3. The van der Waals surface area contributed by atoms with Gasteiger partial charge in [-0.15, -0.1) is 0 Å². The van der Waals surface area contributed by atoms with Crippen molar-refractivity contribution in [1.82, 2.24) is 5.01 Å². The molecule has 8 heteroatoms. The van der Waals surface area contributed by atoms with Crippen LogP contribution in [0.15, 0.2) is 53.6 Å². The molecule has 0 aromatic heterocycles. The molecule has 0 spiro atoms. The molecule has 0 saturated carbocycles. The zero-order chi connectivity index (χ0) is 20.5. The highest BCUT2D eigenvalue weighted by molar-refractivity contribution is 7.92. The first-order chi connectivity index (χ1) is 13.1. The van der Waals surface area contributed by atoms with E-state index in [1.54, 1.807) is 44.2 Å². The molecule has 0 radical (unpaired) electrons. The number of amides is 1. The van der Waals surface area contributed by atoms with Crippen molar-refractivity contribution in [3.05, 3.63) is 65.5 Å². The number of carbonyl (C=O) groups excluding carboxylic acids is 1. The van der Waals surface area contributed by atoms with Gasteiger partial charge in [-0.05, 0) is 35.4 Å². The second kappa shape index (κ2) is 7.71. The van der Waals surface area contributed by atoms with Gasteiger partial charge in [0.15, 0.2) is 0 Å². The van der Waals surface area contributed by atoms with E-state index >= 15 is 0 Å². The fourth-order valence-corrected chi connectivity index (χ4v) is 3.63. The Hall–Kier alpha value is -2.74. The zero-order valence-corrected chi connectivity index (χ0v) is 16.7. The van der Waals surface area contributed by atoms with Gasteiger partial charge in [-0.3, -0.25) is 9.52 Å². The van der Waals surface area contributed by atoms with Crippen molar-refractivity contribution in [2.75, 3.05) is 11.0 Å². The average Bonchev–Trinajstić information content (AvgIpc) is 3.05. The number of nitrogens with zero attached hydrogens (tertiary/aromatic N) is 2. The molecule has 0 bridgehead atoms. The van der Waals surface area contributed by atoms with E-state index in [0.29, 0.717) is 17.8 Å². The van der Waals surface area contributed by atoms with Gasteiger partial charge in [0.05, 0.1) is 18.0 Å². The fourth-order valence-electron chi connectivity index (χ4n) is 3.07. The van der Waals surface area contributed by atoms with Gasteiger partial charge in [0.1, 0.15) is 5.82 Å². The molecule has 1 heterocycles. The number of sulfonamides is 1. The number of halogens is 1. The van der Waals surface area contributed by atoms with Crippen LogP contribution in [-0.4, -0.2) is 31.3 Å². The molecular formula is C20H22FN3O3S. The number of benzene rings is 2. The van der Waals surface area contributed by atoms with Crippen LogP contribution in [0.1, 0.15) is 37.4 Å². The van der Waals surface area contributed by atoms with Crippen LogP contribution in [0.2, 0.25) is 0 Å². The number of hydrogen-bond acceptors (Lipinski definition) is 4. The molecule has 148 valence electrons. The third-order valence-electron chi connectivity index (χ3n) is 4.38. The lowest BCUT2D eigenvalue weighted by Crippen LogP contribution is -2.30. The highest BCUT2D eigenvalue weighted by Crippen LogP contribution is 2.34. The second-order valence-electron chi connectivity index (χ2n) is 7.11. The highest BCUT2D eigenvalue weighted by atomic mass is 32.2. The molecular weight excluding hydrogens is 381 g/mol. The summed E-state index contributed by atoms with van der Waals surface area (Å²) in [6.45, 7) is 3.60. The van der Waals surface area contributed by atoms with Crippen molar-refractivity contribution >= 4 is 27.3 Å². The van der Waals surface area contributed by atoms with Crippen molar-refractivity contribution in [1.29, 1.82) is 0 Å². The SMILES string of the molecule is CC(C)C(=O)N1N=C(c2cccc(NS(C)(=O)=O)c2)C[C@@H]1c1ccc(F)cc1. The highest BCUT2D eigenvalue weighted by Gasteiger charge is 2.34. The molecule has 0 aliphatic carbocycles. The second-order valence-corrected chi connectivity index (χ2v) is 8.86. The Morgan fingerprint density at radius 1 is 1.21 bits per heavy atom. The van der Waals surface area contributed by atoms with Gasteiger partial charge in [-0.1, -0.05) is 38.1 Å². The molecule has 0 saturated heterocycles. The minimum atomic E-state index is -3.40. The van der Waals surface area contributed by atoms with Crippen LogP contribution in [0.25, 0.3) is 0 Å². The van der Waals surface area contributed by atoms with Crippen LogP contribution >= 0.6 is 0 Å². The van der Waals surface area contributed by atoms with Crippen molar-refractivity contribution < 1.29 is 17.6 Å². The standard InChI is InChI=1S/C20H22FN3O3S/c1-13(2)20(25)24-19(14-7-9-16(21)10-8-14)12-18(22-24)15-5-4-6-17(11-15)23-28(3,26)27/h4-11,13,19,23H,12H2,1-3H3/t19-/m1/s1. The summed E-state index contributed by atoms with van der Waals surface area (Å²) in [4.78, 5) is 12.7. The molecule has 1 aliphatic rings. The lowest BCUT2D eigenvalue weighted by Gasteiger charge is -2.23. The predicted molar refractivity (Wildman–Crippen MR) is 107 cm³/mol. The summed E-state index contributed by atoms with van der Waals surface area (Å²) in [5, 5.41) is 5.98. The van der Waals surface area contributed by atoms with Crippen LogP contribution in [0.4, 0.5) is 10.1 Å². The first kappa shape index (κ1) is 20.0. The van der Waals surface area contributed by atoms with Crippen LogP contribution in [0.5, 0.6) is 0 Å². The third-order valence-corrected chi connectivity index (χ3v) is 4.99. The van der Waals surface area contributed by atoms with Crippen molar-refractivity contribution in [2.24, 2.45) is 11.0 Å². The number of nitrogens with one attached hydrogen (secondary N) is 1. The maximum atomic E-state index is 13.3. The van der Waals surface area contributed by atoms with Gasteiger partial charge >= 0.3 is 0 Å². The maximum Gasteiger partial charge on any atom is 0.245 e. The van der Waals surface area contributed by atoms with Gasteiger partial charge in [0.25, 0.3) is 0 Å². The minimum Gasteiger partial charge on any atom is -0.284 e. The number of anilines is 1. The molecule has 0 fully saturated rings. The Balaban J connectivity index is 1.96. The lowest BCUT2D eigenvalue weighted by atomic mass is 9.97. The molecule has 28 heavy (non-hydrogen) atoms. The Bertz CT molecular complexity index is 1020. The fraction of sp³-hybridized carbons (Fsp3) is 0.300. The van der Waals surface area contributed by atoms with Gasteiger partial charge in [0.2, 0.25) is 15.9 Å². The minimum absolute atomic E-state index is 0.130. The third kappa shape index (κ3) is 4.56. The largest absolute Gasteiger partial charge is 0.284 e. The number of hydrazone groups is 1. The number of carbonyl (C=O) groups is 1. The molecule has 1 atom stereocenters. The first-order valence-corrected chi connectivity index (χ1v) is 10.8. The summed E-state index contributed by atoms with van der Waals surface area (Å²) < 4.78 is 38.7. The Morgan fingerprint density at radius 2 is 1.89 bits per heavy atom. The van der Waals surface area contributed by atoms with Gasteiger partial charge in [0, 0.05) is 18.0 Å². The normalized spacial score (nSPS) is 17.0. The van der Waals surface area contributed by atoms with Crippen LogP contribution < -0.4 is 4.72 Å².